The van der Waals surface area contributed by atoms with Gasteiger partial charge in [0.25, 0.3) is 0 Å². The van der Waals surface area contributed by atoms with E-state index in [2.05, 4.69) is 16.4 Å². The summed E-state index contributed by atoms with van der Waals surface area (Å²) in [5, 5.41) is 13.4. The van der Waals surface area contributed by atoms with Crippen molar-refractivity contribution in [2.75, 3.05) is 26.2 Å². The molecule has 0 aromatic rings. The van der Waals surface area contributed by atoms with E-state index in [-0.39, 0.29) is 17.3 Å². The number of likely N-dealkylation sites (tertiary alicyclic amines) is 2. The summed E-state index contributed by atoms with van der Waals surface area (Å²) in [7, 11) is 0. The molecule has 132 valence electrons. The molecular weight excluding hydrogens is 320 g/mol. The Morgan fingerprint density at radius 2 is 1.88 bits per heavy atom. The van der Waals surface area contributed by atoms with Crippen LogP contribution in [-0.4, -0.2) is 52.6 Å². The standard InChI is InChI=1S/C18H28N4OS/c19-12-21-8-6-13-7-9-22(17(23)15(13)11-21)18-20-10-16(24-18)14-4-2-1-3-5-14/h13-16,18,20H,1-11H2/t13-,15-,16?,18?/m0/s1. The zero-order valence-electron chi connectivity index (χ0n) is 14.3. The van der Waals surface area contributed by atoms with E-state index >= 15 is 0 Å². The van der Waals surface area contributed by atoms with Gasteiger partial charge in [0.1, 0.15) is 5.50 Å². The van der Waals surface area contributed by atoms with Gasteiger partial charge in [0.15, 0.2) is 6.19 Å². The van der Waals surface area contributed by atoms with Gasteiger partial charge in [-0.15, -0.1) is 11.8 Å². The zero-order chi connectivity index (χ0) is 16.5. The molecule has 3 saturated heterocycles. The van der Waals surface area contributed by atoms with Crippen molar-refractivity contribution in [1.82, 2.24) is 15.1 Å². The minimum absolute atomic E-state index is 0.0308. The Kier molecular flexibility index (Phi) is 4.91. The number of piperidine rings is 2. The van der Waals surface area contributed by atoms with E-state index in [4.69, 9.17) is 5.26 Å². The van der Waals surface area contributed by atoms with Crippen LogP contribution in [0.3, 0.4) is 0 Å². The smallest absolute Gasteiger partial charge is 0.229 e. The Morgan fingerprint density at radius 3 is 2.67 bits per heavy atom. The van der Waals surface area contributed by atoms with Gasteiger partial charge in [-0.05, 0) is 37.5 Å². The van der Waals surface area contributed by atoms with Crippen LogP contribution in [0.2, 0.25) is 0 Å². The van der Waals surface area contributed by atoms with Crippen LogP contribution in [0.1, 0.15) is 44.9 Å². The molecule has 1 aliphatic carbocycles. The van der Waals surface area contributed by atoms with Crippen molar-refractivity contribution in [3.05, 3.63) is 0 Å². The zero-order valence-corrected chi connectivity index (χ0v) is 15.1. The van der Waals surface area contributed by atoms with E-state index in [9.17, 15) is 4.79 Å². The average Bonchev–Trinajstić information content (AvgIpc) is 3.12. The molecule has 4 atom stereocenters. The molecule has 4 rings (SSSR count). The van der Waals surface area contributed by atoms with Gasteiger partial charge in [-0.3, -0.25) is 10.1 Å². The van der Waals surface area contributed by atoms with Crippen LogP contribution in [0.4, 0.5) is 0 Å². The fourth-order valence-electron chi connectivity index (χ4n) is 5.02. The normalized spacial score (nSPS) is 38.0. The number of nitrogens with one attached hydrogen (secondary N) is 1. The number of hydrogen-bond donors (Lipinski definition) is 1. The first-order chi connectivity index (χ1) is 11.8. The third kappa shape index (κ3) is 3.13. The summed E-state index contributed by atoms with van der Waals surface area (Å²) in [5.41, 5.74) is 0.155. The number of carbonyl (C=O) groups is 1. The molecule has 2 unspecified atom stereocenters. The highest BCUT2D eigenvalue weighted by Crippen LogP contribution is 2.40. The summed E-state index contributed by atoms with van der Waals surface area (Å²) < 4.78 is 0. The molecule has 1 saturated carbocycles. The Morgan fingerprint density at radius 1 is 1.08 bits per heavy atom. The maximum atomic E-state index is 13.0. The van der Waals surface area contributed by atoms with Crippen LogP contribution in [0.25, 0.3) is 0 Å². The monoisotopic (exact) mass is 348 g/mol. The summed E-state index contributed by atoms with van der Waals surface area (Å²) in [4.78, 5) is 16.9. The predicted octanol–water partition coefficient (Wildman–Crippen LogP) is 2.21. The van der Waals surface area contributed by atoms with Crippen molar-refractivity contribution in [3.63, 3.8) is 0 Å². The van der Waals surface area contributed by atoms with Gasteiger partial charge in [-0.25, -0.2) is 0 Å². The van der Waals surface area contributed by atoms with Crippen molar-refractivity contribution in [3.8, 4) is 6.19 Å². The number of amides is 1. The van der Waals surface area contributed by atoms with E-state index in [1.165, 1.54) is 32.1 Å². The minimum atomic E-state index is 0.0308. The van der Waals surface area contributed by atoms with E-state index in [0.29, 0.717) is 17.7 Å². The lowest BCUT2D eigenvalue weighted by molar-refractivity contribution is -0.144. The first kappa shape index (κ1) is 16.5. The van der Waals surface area contributed by atoms with Gasteiger partial charge < -0.3 is 9.80 Å². The van der Waals surface area contributed by atoms with E-state index in [0.717, 1.165) is 38.4 Å². The summed E-state index contributed by atoms with van der Waals surface area (Å²) in [5.74, 6) is 1.63. The molecule has 0 radical (unpaired) electrons. The fourth-order valence-corrected chi connectivity index (χ4v) is 6.59. The predicted molar refractivity (Wildman–Crippen MR) is 94.9 cm³/mol. The second-order valence-corrected chi connectivity index (χ2v) is 9.18. The van der Waals surface area contributed by atoms with Crippen molar-refractivity contribution >= 4 is 17.7 Å². The first-order valence-electron chi connectivity index (χ1n) is 9.60. The first-order valence-corrected chi connectivity index (χ1v) is 10.5. The van der Waals surface area contributed by atoms with Crippen LogP contribution in [0.5, 0.6) is 0 Å². The third-order valence-electron chi connectivity index (χ3n) is 6.49. The number of rotatable bonds is 2. The molecule has 5 nitrogen and oxygen atoms in total. The number of nitriles is 1. The molecule has 0 aromatic carbocycles. The highest BCUT2D eigenvalue weighted by atomic mass is 32.2. The SMILES string of the molecule is N#CN1CC[C@H]2CCN(C3NCC(C4CCCCC4)S3)C(=O)[C@H]2C1. The lowest BCUT2D eigenvalue weighted by Crippen LogP contribution is -2.56. The Hall–Kier alpha value is -0.930. The van der Waals surface area contributed by atoms with Crippen LogP contribution in [0, 0.1) is 29.2 Å². The lowest BCUT2D eigenvalue weighted by Gasteiger charge is -2.44. The second kappa shape index (κ2) is 7.13. The van der Waals surface area contributed by atoms with Gasteiger partial charge in [-0.2, -0.15) is 5.26 Å². The molecule has 3 heterocycles. The summed E-state index contributed by atoms with van der Waals surface area (Å²) in [6, 6.07) is 0. The van der Waals surface area contributed by atoms with Gasteiger partial charge in [0.05, 0.1) is 5.92 Å². The quantitative estimate of drug-likeness (QED) is 0.775. The fraction of sp³-hybridized carbons (Fsp3) is 0.889. The van der Waals surface area contributed by atoms with E-state index in [1.54, 1.807) is 4.90 Å². The molecule has 6 heteroatoms. The molecule has 24 heavy (non-hydrogen) atoms. The Bertz CT molecular complexity index is 516. The second-order valence-electron chi connectivity index (χ2n) is 7.85. The molecule has 0 aromatic heterocycles. The minimum Gasteiger partial charge on any atom is -0.318 e. The number of nitrogens with zero attached hydrogens (tertiary/aromatic N) is 3. The molecule has 1 N–H and O–H groups in total. The Balaban J connectivity index is 1.38. The number of hydrogen-bond acceptors (Lipinski definition) is 5. The van der Waals surface area contributed by atoms with Crippen molar-refractivity contribution in [1.29, 1.82) is 5.26 Å². The van der Waals surface area contributed by atoms with Gasteiger partial charge in [-0.1, -0.05) is 19.3 Å². The summed E-state index contributed by atoms with van der Waals surface area (Å²) in [6.07, 6.45) is 11.2. The van der Waals surface area contributed by atoms with Crippen molar-refractivity contribution in [2.24, 2.45) is 17.8 Å². The van der Waals surface area contributed by atoms with Crippen LogP contribution in [0.15, 0.2) is 0 Å². The van der Waals surface area contributed by atoms with Crippen molar-refractivity contribution in [2.45, 2.75) is 55.7 Å². The van der Waals surface area contributed by atoms with Crippen LogP contribution < -0.4 is 5.32 Å². The molecule has 1 amide bonds. The number of thioether (sulfide) groups is 1. The Labute approximate surface area is 149 Å². The number of carbonyl (C=O) groups excluding carboxylic acids is 1. The summed E-state index contributed by atoms with van der Waals surface area (Å²) in [6.45, 7) is 3.38. The maximum Gasteiger partial charge on any atom is 0.229 e. The molecular formula is C18H28N4OS. The highest BCUT2D eigenvalue weighted by Gasteiger charge is 2.44. The average molecular weight is 349 g/mol. The molecule has 4 fully saturated rings. The van der Waals surface area contributed by atoms with Crippen LogP contribution >= 0.6 is 11.8 Å². The lowest BCUT2D eigenvalue weighted by atomic mass is 9.80. The largest absolute Gasteiger partial charge is 0.318 e. The molecule has 3 aliphatic heterocycles. The highest BCUT2D eigenvalue weighted by molar-refractivity contribution is 8.00. The van der Waals surface area contributed by atoms with E-state index < -0.39 is 0 Å². The molecule has 4 aliphatic rings. The van der Waals surface area contributed by atoms with Crippen molar-refractivity contribution < 1.29 is 4.79 Å². The topological polar surface area (TPSA) is 59.4 Å². The van der Waals surface area contributed by atoms with E-state index in [1.807, 2.05) is 11.8 Å². The maximum absolute atomic E-state index is 13.0. The number of fused-ring (bicyclic) bond motifs is 1. The van der Waals surface area contributed by atoms with Gasteiger partial charge in [0, 0.05) is 31.4 Å². The summed E-state index contributed by atoms with van der Waals surface area (Å²) >= 11 is 1.99. The van der Waals surface area contributed by atoms with Gasteiger partial charge in [0.2, 0.25) is 5.91 Å². The van der Waals surface area contributed by atoms with Crippen LogP contribution in [-0.2, 0) is 4.79 Å². The molecule has 0 spiro atoms. The molecule has 0 bridgehead atoms. The van der Waals surface area contributed by atoms with Gasteiger partial charge >= 0.3 is 0 Å². The third-order valence-corrected chi connectivity index (χ3v) is 8.07.